The molecule has 2 fully saturated rings. The number of fused-ring (bicyclic) bond motifs is 4. The van der Waals surface area contributed by atoms with Crippen LogP contribution in [0.1, 0.15) is 68.4 Å². The molecule has 3 atom stereocenters. The van der Waals surface area contributed by atoms with E-state index in [4.69, 9.17) is 4.74 Å². The van der Waals surface area contributed by atoms with Crippen LogP contribution in [-0.4, -0.2) is 31.6 Å². The summed E-state index contributed by atoms with van der Waals surface area (Å²) >= 11 is 0. The first kappa shape index (κ1) is 19.2. The van der Waals surface area contributed by atoms with E-state index < -0.39 is 5.75 Å². The van der Waals surface area contributed by atoms with Gasteiger partial charge in [0.25, 0.3) is 0 Å². The third-order valence-corrected chi connectivity index (χ3v) is 7.74. The smallest absolute Gasteiger partial charge is 0.200 e. The molecule has 0 aromatic heterocycles. The standard InChI is InChI=1S/C24H28O6/c25-17-9-7-13(19(27)20(17)28)14-5-4-6-15-22(14)30-23-16(8-10-18(26)21(23)29)24(15)11-2-1-3-12-24/h7-10,14-15,22,25-29H,1-6,11-12H2/t14-,15?,22?/m0/s1. The lowest BCUT2D eigenvalue weighted by atomic mass is 9.54. The molecule has 2 unspecified atom stereocenters. The van der Waals surface area contributed by atoms with Gasteiger partial charge in [-0.15, -0.1) is 0 Å². The number of phenolic OH excluding ortho intramolecular Hbond substituents is 5. The molecule has 0 saturated heterocycles. The summed E-state index contributed by atoms with van der Waals surface area (Å²) in [6, 6.07) is 6.49. The Bertz CT molecular complexity index is 978. The third-order valence-electron chi connectivity index (χ3n) is 7.74. The van der Waals surface area contributed by atoms with Gasteiger partial charge in [0.1, 0.15) is 6.10 Å². The van der Waals surface area contributed by atoms with E-state index in [1.807, 2.05) is 6.07 Å². The van der Waals surface area contributed by atoms with Crippen LogP contribution >= 0.6 is 0 Å². The molecule has 2 aliphatic carbocycles. The van der Waals surface area contributed by atoms with Gasteiger partial charge in [-0.1, -0.05) is 37.8 Å². The van der Waals surface area contributed by atoms with Gasteiger partial charge in [-0.25, -0.2) is 0 Å². The summed E-state index contributed by atoms with van der Waals surface area (Å²) in [4.78, 5) is 0. The van der Waals surface area contributed by atoms with Crippen LogP contribution < -0.4 is 4.74 Å². The maximum atomic E-state index is 10.6. The van der Waals surface area contributed by atoms with Crippen molar-refractivity contribution in [1.29, 1.82) is 0 Å². The van der Waals surface area contributed by atoms with Gasteiger partial charge in [0, 0.05) is 28.4 Å². The van der Waals surface area contributed by atoms with Crippen molar-refractivity contribution >= 4 is 0 Å². The molecule has 2 aromatic carbocycles. The van der Waals surface area contributed by atoms with Crippen LogP contribution in [0.3, 0.4) is 0 Å². The summed E-state index contributed by atoms with van der Waals surface area (Å²) in [5.74, 6) is -1.23. The van der Waals surface area contributed by atoms with Gasteiger partial charge in [0.2, 0.25) is 11.5 Å². The molecule has 2 saturated carbocycles. The van der Waals surface area contributed by atoms with E-state index in [1.165, 1.54) is 12.5 Å². The summed E-state index contributed by atoms with van der Waals surface area (Å²) in [6.07, 6.45) is 7.86. The van der Waals surface area contributed by atoms with Gasteiger partial charge in [-0.2, -0.15) is 0 Å². The van der Waals surface area contributed by atoms with Crippen molar-refractivity contribution in [3.63, 3.8) is 0 Å². The van der Waals surface area contributed by atoms with E-state index in [2.05, 4.69) is 0 Å². The van der Waals surface area contributed by atoms with Gasteiger partial charge in [-0.3, -0.25) is 0 Å². The maximum Gasteiger partial charge on any atom is 0.200 e. The zero-order valence-electron chi connectivity index (χ0n) is 16.8. The first-order chi connectivity index (χ1) is 14.4. The zero-order chi connectivity index (χ0) is 21.0. The molecule has 6 nitrogen and oxygen atoms in total. The summed E-state index contributed by atoms with van der Waals surface area (Å²) in [7, 11) is 0. The minimum Gasteiger partial charge on any atom is -0.504 e. The molecule has 0 radical (unpaired) electrons. The molecule has 5 N–H and O–H groups in total. The van der Waals surface area contributed by atoms with E-state index in [-0.39, 0.29) is 46.4 Å². The van der Waals surface area contributed by atoms with Crippen molar-refractivity contribution < 1.29 is 30.3 Å². The maximum absolute atomic E-state index is 10.6. The Morgan fingerprint density at radius 3 is 2.20 bits per heavy atom. The molecule has 1 heterocycles. The second-order valence-electron chi connectivity index (χ2n) is 9.12. The fourth-order valence-corrected chi connectivity index (χ4v) is 6.37. The highest BCUT2D eigenvalue weighted by atomic mass is 16.5. The second kappa shape index (κ2) is 6.89. The van der Waals surface area contributed by atoms with E-state index in [0.29, 0.717) is 11.3 Å². The summed E-state index contributed by atoms with van der Waals surface area (Å²) in [5.41, 5.74) is 1.40. The van der Waals surface area contributed by atoms with Crippen molar-refractivity contribution in [3.05, 3.63) is 35.4 Å². The molecule has 160 valence electrons. The van der Waals surface area contributed by atoms with Gasteiger partial charge < -0.3 is 30.3 Å². The van der Waals surface area contributed by atoms with Crippen LogP contribution in [0.25, 0.3) is 0 Å². The monoisotopic (exact) mass is 412 g/mol. The van der Waals surface area contributed by atoms with E-state index in [9.17, 15) is 25.5 Å². The Hall–Kier alpha value is -2.76. The number of ether oxygens (including phenoxy) is 1. The molecule has 1 spiro atoms. The molecule has 6 heteroatoms. The van der Waals surface area contributed by atoms with Crippen LogP contribution in [0, 0.1) is 5.92 Å². The molecular formula is C24H28O6. The molecule has 5 rings (SSSR count). The average molecular weight is 412 g/mol. The Kier molecular flexibility index (Phi) is 4.42. The lowest BCUT2D eigenvalue weighted by Gasteiger charge is -2.54. The normalized spacial score (nSPS) is 27.1. The molecule has 3 aliphatic rings. The van der Waals surface area contributed by atoms with Crippen LogP contribution in [-0.2, 0) is 5.41 Å². The fourth-order valence-electron chi connectivity index (χ4n) is 6.37. The highest BCUT2D eigenvalue weighted by Gasteiger charge is 2.54. The van der Waals surface area contributed by atoms with Gasteiger partial charge >= 0.3 is 0 Å². The highest BCUT2D eigenvalue weighted by Crippen LogP contribution is 2.61. The van der Waals surface area contributed by atoms with E-state index in [0.717, 1.165) is 50.5 Å². The van der Waals surface area contributed by atoms with E-state index in [1.54, 1.807) is 12.1 Å². The summed E-state index contributed by atoms with van der Waals surface area (Å²) < 4.78 is 6.40. The molecule has 1 aliphatic heterocycles. The number of aromatic hydroxyl groups is 5. The lowest BCUT2D eigenvalue weighted by Crippen LogP contribution is -2.52. The minimum atomic E-state index is -0.515. The molecule has 30 heavy (non-hydrogen) atoms. The number of hydrogen-bond donors (Lipinski definition) is 5. The number of rotatable bonds is 1. The van der Waals surface area contributed by atoms with Gasteiger partial charge in [0.15, 0.2) is 23.0 Å². The Morgan fingerprint density at radius 2 is 1.43 bits per heavy atom. The Labute approximate surface area is 175 Å². The van der Waals surface area contributed by atoms with Crippen molar-refractivity contribution in [2.45, 2.75) is 68.8 Å². The molecule has 0 bridgehead atoms. The largest absolute Gasteiger partial charge is 0.504 e. The lowest BCUT2D eigenvalue weighted by molar-refractivity contribution is -0.0174. The second-order valence-corrected chi connectivity index (χ2v) is 9.12. The Balaban J connectivity index is 1.66. The first-order valence-corrected chi connectivity index (χ1v) is 10.9. The zero-order valence-corrected chi connectivity index (χ0v) is 16.8. The summed E-state index contributed by atoms with van der Waals surface area (Å²) in [6.45, 7) is 0. The van der Waals surface area contributed by atoms with Crippen molar-refractivity contribution in [1.82, 2.24) is 0 Å². The molecule has 2 aromatic rings. The average Bonchev–Trinajstić information content (AvgIpc) is 2.76. The van der Waals surface area contributed by atoms with Crippen LogP contribution in [0.15, 0.2) is 24.3 Å². The van der Waals surface area contributed by atoms with Crippen molar-refractivity contribution in [2.24, 2.45) is 5.92 Å². The predicted octanol–water partition coefficient (Wildman–Crippen LogP) is 4.76. The summed E-state index contributed by atoms with van der Waals surface area (Å²) in [5, 5.41) is 51.2. The Morgan fingerprint density at radius 1 is 0.733 bits per heavy atom. The van der Waals surface area contributed by atoms with Crippen LogP contribution in [0.4, 0.5) is 0 Å². The third kappa shape index (κ3) is 2.62. The van der Waals surface area contributed by atoms with Gasteiger partial charge in [0.05, 0.1) is 0 Å². The fraction of sp³-hybridized carbons (Fsp3) is 0.500. The quantitative estimate of drug-likeness (QED) is 0.432. The predicted molar refractivity (Wildman–Crippen MR) is 110 cm³/mol. The van der Waals surface area contributed by atoms with Crippen LogP contribution in [0.5, 0.6) is 34.5 Å². The molecule has 0 amide bonds. The van der Waals surface area contributed by atoms with Crippen molar-refractivity contribution in [2.75, 3.05) is 0 Å². The highest BCUT2D eigenvalue weighted by molar-refractivity contribution is 5.59. The van der Waals surface area contributed by atoms with E-state index >= 15 is 0 Å². The molecular weight excluding hydrogens is 384 g/mol. The number of hydrogen-bond acceptors (Lipinski definition) is 6. The first-order valence-electron chi connectivity index (χ1n) is 10.9. The van der Waals surface area contributed by atoms with Gasteiger partial charge in [-0.05, 0) is 37.8 Å². The number of phenols is 5. The number of benzene rings is 2. The van der Waals surface area contributed by atoms with Crippen LogP contribution in [0.2, 0.25) is 0 Å². The minimum absolute atomic E-state index is 0.130. The van der Waals surface area contributed by atoms with Crippen molar-refractivity contribution in [3.8, 4) is 34.5 Å². The SMILES string of the molecule is Oc1ccc([C@@H]2CCCC3C2Oc2c(ccc(O)c2O)C32CCCCC2)c(O)c1O. The topological polar surface area (TPSA) is 110 Å².